The number of nitrogens with two attached hydrogens (primary N) is 1. The number of likely N-dealkylation sites (tertiary alicyclic amines) is 1. The molecule has 2 N–H and O–H groups in total. The van der Waals surface area contributed by atoms with Gasteiger partial charge in [0.1, 0.15) is 28.5 Å². The minimum absolute atomic E-state index is 0.0200. The Hall–Kier alpha value is -4.80. The molecule has 0 spiro atoms. The topological polar surface area (TPSA) is 108 Å². The van der Waals surface area contributed by atoms with Crippen molar-refractivity contribution in [2.24, 2.45) is 30.5 Å². The molecule has 2 amide bonds. The number of aryl methyl sites for hydroxylation is 1. The fraction of sp³-hybridized carbons (Fsp3) is 0.389. The van der Waals surface area contributed by atoms with Crippen LogP contribution in [0.4, 0.5) is 8.78 Å². The van der Waals surface area contributed by atoms with Crippen molar-refractivity contribution in [3.05, 3.63) is 65.2 Å². The highest BCUT2D eigenvalue weighted by Crippen LogP contribution is 2.44. The number of rotatable bonds is 8. The van der Waals surface area contributed by atoms with Crippen molar-refractivity contribution in [3.8, 4) is 28.5 Å². The van der Waals surface area contributed by atoms with Crippen LogP contribution in [-0.2, 0) is 24.8 Å². The summed E-state index contributed by atoms with van der Waals surface area (Å²) >= 11 is 0. The molecule has 3 fully saturated rings. The number of hydrogen-bond donors (Lipinski definition) is 1. The molecule has 4 heterocycles. The molecule has 2 aromatic carbocycles. The van der Waals surface area contributed by atoms with Crippen molar-refractivity contribution in [1.29, 1.82) is 0 Å². The van der Waals surface area contributed by atoms with E-state index in [9.17, 15) is 18.4 Å². The van der Waals surface area contributed by atoms with Crippen molar-refractivity contribution < 1.29 is 23.1 Å². The fourth-order valence-electron chi connectivity index (χ4n) is 7.84. The molecule has 242 valence electrons. The number of fused-ring (bicyclic) bond motifs is 4. The van der Waals surface area contributed by atoms with Gasteiger partial charge in [-0.2, -0.15) is 0 Å². The Labute approximate surface area is 270 Å². The zero-order chi connectivity index (χ0) is 32.7. The lowest BCUT2D eigenvalue weighted by Gasteiger charge is -2.27. The number of nitrogens with zero attached hydrogens (tertiary/aromatic N) is 5. The third-order valence-electron chi connectivity index (χ3n) is 10.6. The van der Waals surface area contributed by atoms with Crippen molar-refractivity contribution in [2.45, 2.75) is 51.6 Å². The molecular weight excluding hydrogens is 602 g/mol. The van der Waals surface area contributed by atoms with Crippen LogP contribution in [0.3, 0.4) is 0 Å². The number of piperidine rings is 1. The molecule has 2 aliphatic carbocycles. The number of pyridine rings is 1. The number of methoxy groups -OCH3 is 1. The van der Waals surface area contributed by atoms with Gasteiger partial charge >= 0.3 is 0 Å². The van der Waals surface area contributed by atoms with E-state index in [0.717, 1.165) is 48.9 Å². The molecule has 47 heavy (non-hydrogen) atoms. The normalized spacial score (nSPS) is 20.5. The van der Waals surface area contributed by atoms with Gasteiger partial charge < -0.3 is 24.5 Å². The van der Waals surface area contributed by atoms with Gasteiger partial charge in [-0.3, -0.25) is 9.59 Å². The molecule has 5 aromatic rings. The average molecular weight is 639 g/mol. The van der Waals surface area contributed by atoms with Crippen LogP contribution in [0.1, 0.15) is 48.5 Å². The summed E-state index contributed by atoms with van der Waals surface area (Å²) in [6.07, 6.45) is 3.93. The van der Waals surface area contributed by atoms with E-state index in [1.165, 1.54) is 18.6 Å². The molecular formula is C36H36F2N6O3. The van der Waals surface area contributed by atoms with Gasteiger partial charge in [0.2, 0.25) is 5.91 Å². The third-order valence-corrected chi connectivity index (χ3v) is 10.6. The number of benzene rings is 2. The Bertz CT molecular complexity index is 2090. The second-order valence-electron chi connectivity index (χ2n) is 13.5. The summed E-state index contributed by atoms with van der Waals surface area (Å²) in [7, 11) is 3.55. The van der Waals surface area contributed by atoms with Crippen molar-refractivity contribution in [2.75, 3.05) is 13.7 Å². The summed E-state index contributed by atoms with van der Waals surface area (Å²) in [4.78, 5) is 37.1. The number of hydrogen-bond acceptors (Lipinski definition) is 5. The highest BCUT2D eigenvalue weighted by atomic mass is 19.1. The Kier molecular flexibility index (Phi) is 6.86. The lowest BCUT2D eigenvalue weighted by atomic mass is 10.0. The molecule has 3 aliphatic rings. The molecule has 9 nitrogen and oxygen atoms in total. The molecule has 2 saturated carbocycles. The minimum atomic E-state index is -0.840. The summed E-state index contributed by atoms with van der Waals surface area (Å²) in [6, 6.07) is 12.0. The van der Waals surface area contributed by atoms with Crippen LogP contribution in [0.5, 0.6) is 5.75 Å². The van der Waals surface area contributed by atoms with Crippen molar-refractivity contribution >= 4 is 33.9 Å². The Morgan fingerprint density at radius 2 is 1.79 bits per heavy atom. The van der Waals surface area contributed by atoms with E-state index in [2.05, 4.69) is 11.5 Å². The largest absolute Gasteiger partial charge is 0.494 e. The van der Waals surface area contributed by atoms with Crippen LogP contribution in [0, 0.1) is 29.4 Å². The van der Waals surface area contributed by atoms with Gasteiger partial charge in [-0.1, -0.05) is 6.92 Å². The summed E-state index contributed by atoms with van der Waals surface area (Å²) < 4.78 is 39.7. The molecule has 3 atom stereocenters. The maximum absolute atomic E-state index is 14.9. The van der Waals surface area contributed by atoms with E-state index in [4.69, 9.17) is 20.4 Å². The number of amides is 2. The van der Waals surface area contributed by atoms with E-state index in [1.54, 1.807) is 13.2 Å². The van der Waals surface area contributed by atoms with Crippen LogP contribution in [0.2, 0.25) is 0 Å². The van der Waals surface area contributed by atoms with Crippen LogP contribution < -0.4 is 10.5 Å². The number of aromatic nitrogens is 4. The van der Waals surface area contributed by atoms with Gasteiger partial charge in [-0.05, 0) is 85.9 Å². The standard InChI is InChI=1S/C36H36F2N6O3/c1-18-21-7-9-29(18)44(17-21)36(46)23-12-28-33(31(14-23)47-3)42(2)35(41-28)30-13-20-6-8-27(40-34(20)43(30)16-19-4-5-19)22-10-25(37)24(15-32(39)45)26(38)11-22/h6,8,10-14,18-19,21,29H,4-5,7,9,15-17H2,1-3H3,(H2,39,45)/t18-,21?,29?/m1/s1. The van der Waals surface area contributed by atoms with Gasteiger partial charge in [0.05, 0.1) is 30.4 Å². The summed E-state index contributed by atoms with van der Waals surface area (Å²) in [6.45, 7) is 3.77. The van der Waals surface area contributed by atoms with Gasteiger partial charge in [0.25, 0.3) is 5.91 Å². The molecule has 11 heteroatoms. The maximum Gasteiger partial charge on any atom is 0.254 e. The molecule has 8 rings (SSSR count). The first-order chi connectivity index (χ1) is 22.6. The van der Waals surface area contributed by atoms with E-state index < -0.39 is 24.0 Å². The highest BCUT2D eigenvalue weighted by Gasteiger charge is 2.46. The molecule has 1 saturated heterocycles. The van der Waals surface area contributed by atoms with Crippen LogP contribution in [0.25, 0.3) is 44.8 Å². The average Bonchev–Trinajstić information content (AvgIpc) is 3.45. The first kappa shape index (κ1) is 29.6. The van der Waals surface area contributed by atoms with E-state index in [1.807, 2.05) is 40.8 Å². The van der Waals surface area contributed by atoms with E-state index >= 15 is 0 Å². The quantitative estimate of drug-likeness (QED) is 0.229. The first-order valence-corrected chi connectivity index (χ1v) is 16.2. The zero-order valence-corrected chi connectivity index (χ0v) is 26.6. The van der Waals surface area contributed by atoms with Crippen molar-refractivity contribution in [3.63, 3.8) is 0 Å². The number of imidazole rings is 1. The fourth-order valence-corrected chi connectivity index (χ4v) is 7.84. The van der Waals surface area contributed by atoms with Gasteiger partial charge in [0.15, 0.2) is 5.82 Å². The van der Waals surface area contributed by atoms with E-state index in [0.29, 0.717) is 51.7 Å². The van der Waals surface area contributed by atoms with E-state index in [-0.39, 0.29) is 23.1 Å². The summed E-state index contributed by atoms with van der Waals surface area (Å²) in [5, 5.41) is 0.865. The molecule has 3 aromatic heterocycles. The van der Waals surface area contributed by atoms with Crippen molar-refractivity contribution in [1.82, 2.24) is 24.0 Å². The predicted molar refractivity (Wildman–Crippen MR) is 174 cm³/mol. The molecule has 2 bridgehead atoms. The first-order valence-electron chi connectivity index (χ1n) is 16.2. The van der Waals surface area contributed by atoms with Crippen LogP contribution in [-0.4, -0.2) is 55.5 Å². The number of primary amides is 1. The molecule has 0 radical (unpaired) electrons. The second-order valence-corrected chi connectivity index (χ2v) is 13.5. The van der Waals surface area contributed by atoms with Gasteiger partial charge in [0, 0.05) is 48.3 Å². The summed E-state index contributed by atoms with van der Waals surface area (Å²) in [5.41, 5.74) is 9.06. The summed E-state index contributed by atoms with van der Waals surface area (Å²) in [5.74, 6) is 0.391. The van der Waals surface area contributed by atoms with Crippen LogP contribution in [0.15, 0.2) is 42.5 Å². The molecule has 1 aliphatic heterocycles. The second kappa shape index (κ2) is 10.9. The van der Waals surface area contributed by atoms with Crippen LogP contribution >= 0.6 is 0 Å². The number of halogens is 2. The van der Waals surface area contributed by atoms with Gasteiger partial charge in [-0.25, -0.2) is 18.7 Å². The smallest absolute Gasteiger partial charge is 0.254 e. The number of carbonyl (C=O) groups excluding carboxylic acids is 2. The maximum atomic E-state index is 14.9. The minimum Gasteiger partial charge on any atom is -0.494 e. The zero-order valence-electron chi connectivity index (χ0n) is 26.6. The Morgan fingerprint density at radius 3 is 2.43 bits per heavy atom. The number of carbonyl (C=O) groups is 2. The lowest BCUT2D eigenvalue weighted by Crippen LogP contribution is -2.38. The molecule has 2 unspecified atom stereocenters. The monoisotopic (exact) mass is 638 g/mol. The lowest BCUT2D eigenvalue weighted by molar-refractivity contribution is -0.117. The number of ether oxygens (including phenoxy) is 1. The van der Waals surface area contributed by atoms with Gasteiger partial charge in [-0.15, -0.1) is 0 Å². The Morgan fingerprint density at radius 1 is 1.02 bits per heavy atom. The SMILES string of the molecule is COc1cc(C(=O)N2CC3CCC2[C@@H]3C)cc2nc(-c3cc4ccc(-c5cc(F)c(CC(N)=O)c(F)c5)nc4n3CC3CC3)n(C)c12. The predicted octanol–water partition coefficient (Wildman–Crippen LogP) is 5.85. The highest BCUT2D eigenvalue weighted by molar-refractivity contribution is 6.00. The Balaban J connectivity index is 1.22. The third kappa shape index (κ3) is 4.85.